The van der Waals surface area contributed by atoms with Crippen molar-refractivity contribution in [3.8, 4) is 0 Å². The number of alkyl halides is 1. The van der Waals surface area contributed by atoms with Crippen LogP contribution < -0.4 is 0 Å². The SMILES string of the molecule is C[C@@H]1COC[C@H](C)N1C(C)(Cl)OC(=O)O. The molecule has 0 radical (unpaired) electrons. The van der Waals surface area contributed by atoms with E-state index in [0.29, 0.717) is 13.2 Å². The molecule has 0 bridgehead atoms. The number of hydrogen-bond acceptors (Lipinski definition) is 4. The van der Waals surface area contributed by atoms with Gasteiger partial charge < -0.3 is 14.6 Å². The summed E-state index contributed by atoms with van der Waals surface area (Å²) in [5.74, 6) is 0. The van der Waals surface area contributed by atoms with Gasteiger partial charge in [0.15, 0.2) is 0 Å². The smallest absolute Gasteiger partial charge is 0.450 e. The van der Waals surface area contributed by atoms with Crippen molar-refractivity contribution in [2.45, 2.75) is 38.0 Å². The molecular weight excluding hydrogens is 222 g/mol. The first-order chi connectivity index (χ1) is 6.84. The van der Waals surface area contributed by atoms with E-state index in [-0.39, 0.29) is 12.1 Å². The van der Waals surface area contributed by atoms with Crippen LogP contribution >= 0.6 is 11.6 Å². The lowest BCUT2D eigenvalue weighted by molar-refractivity contribution is -0.141. The van der Waals surface area contributed by atoms with E-state index < -0.39 is 11.3 Å². The first kappa shape index (κ1) is 12.5. The van der Waals surface area contributed by atoms with E-state index in [1.54, 1.807) is 4.90 Å². The highest BCUT2D eigenvalue weighted by Crippen LogP contribution is 2.29. The summed E-state index contributed by atoms with van der Waals surface area (Å²) < 4.78 is 9.99. The Morgan fingerprint density at radius 2 is 2.00 bits per heavy atom. The third-order valence-electron chi connectivity index (χ3n) is 2.40. The van der Waals surface area contributed by atoms with Crippen molar-refractivity contribution in [2.75, 3.05) is 13.2 Å². The second-order valence-corrected chi connectivity index (χ2v) is 4.58. The Balaban J connectivity index is 2.77. The number of rotatable bonds is 2. The van der Waals surface area contributed by atoms with E-state index >= 15 is 0 Å². The molecule has 0 aliphatic carbocycles. The predicted octanol–water partition coefficient (Wildman–Crippen LogP) is 1.70. The molecule has 0 aromatic heterocycles. The molecule has 6 heteroatoms. The molecule has 5 nitrogen and oxygen atoms in total. The van der Waals surface area contributed by atoms with Crippen molar-refractivity contribution in [1.82, 2.24) is 4.90 Å². The Bertz CT molecular complexity index is 236. The fourth-order valence-corrected chi connectivity index (χ4v) is 2.40. The van der Waals surface area contributed by atoms with Gasteiger partial charge in [-0.05, 0) is 13.8 Å². The number of halogens is 1. The summed E-state index contributed by atoms with van der Waals surface area (Å²) in [5.41, 5.74) is 0. The molecule has 1 unspecified atom stereocenters. The molecule has 1 rings (SSSR count). The highest BCUT2D eigenvalue weighted by molar-refractivity contribution is 6.22. The van der Waals surface area contributed by atoms with Gasteiger partial charge in [0.2, 0.25) is 5.18 Å². The van der Waals surface area contributed by atoms with Crippen LogP contribution in [0.3, 0.4) is 0 Å². The minimum absolute atomic E-state index is 0.0237. The lowest BCUT2D eigenvalue weighted by Gasteiger charge is -2.45. The van der Waals surface area contributed by atoms with Gasteiger partial charge in [-0.2, -0.15) is 0 Å². The van der Waals surface area contributed by atoms with Crippen molar-refractivity contribution in [2.24, 2.45) is 0 Å². The highest BCUT2D eigenvalue weighted by atomic mass is 35.5. The van der Waals surface area contributed by atoms with Gasteiger partial charge in [-0.1, -0.05) is 11.6 Å². The Hall–Kier alpha value is -0.520. The maximum absolute atomic E-state index is 10.5. The predicted molar refractivity (Wildman–Crippen MR) is 54.9 cm³/mol. The number of ether oxygens (including phenoxy) is 2. The van der Waals surface area contributed by atoms with E-state index in [4.69, 9.17) is 21.4 Å². The molecule has 1 heterocycles. The first-order valence-corrected chi connectivity index (χ1v) is 5.19. The lowest BCUT2D eigenvalue weighted by Crippen LogP contribution is -2.59. The van der Waals surface area contributed by atoms with Crippen LogP contribution in [0.15, 0.2) is 0 Å². The fraction of sp³-hybridized carbons (Fsp3) is 0.889. The molecule has 1 saturated heterocycles. The van der Waals surface area contributed by atoms with Gasteiger partial charge >= 0.3 is 6.16 Å². The third kappa shape index (κ3) is 2.96. The molecular formula is C9H16ClNO4. The summed E-state index contributed by atoms with van der Waals surface area (Å²) in [6.07, 6.45) is -1.38. The van der Waals surface area contributed by atoms with Gasteiger partial charge in [0.1, 0.15) is 0 Å². The van der Waals surface area contributed by atoms with E-state index in [2.05, 4.69) is 4.74 Å². The second kappa shape index (κ2) is 4.55. The van der Waals surface area contributed by atoms with E-state index in [9.17, 15) is 4.79 Å². The van der Waals surface area contributed by atoms with Crippen LogP contribution in [0.1, 0.15) is 20.8 Å². The van der Waals surface area contributed by atoms with Crippen molar-refractivity contribution in [1.29, 1.82) is 0 Å². The minimum atomic E-state index is -1.38. The van der Waals surface area contributed by atoms with Gasteiger partial charge in [0, 0.05) is 19.0 Å². The summed E-state index contributed by atoms with van der Waals surface area (Å²) in [6.45, 7) is 6.41. The van der Waals surface area contributed by atoms with Crippen LogP contribution in [0.25, 0.3) is 0 Å². The minimum Gasteiger partial charge on any atom is -0.450 e. The number of carboxylic acid groups (broad SMARTS) is 1. The zero-order chi connectivity index (χ0) is 11.6. The van der Waals surface area contributed by atoms with E-state index in [1.807, 2.05) is 13.8 Å². The van der Waals surface area contributed by atoms with Crippen LogP contribution in [0.5, 0.6) is 0 Å². The molecule has 1 N–H and O–H groups in total. The van der Waals surface area contributed by atoms with Gasteiger partial charge in [-0.3, -0.25) is 0 Å². The molecule has 3 atom stereocenters. The zero-order valence-corrected chi connectivity index (χ0v) is 9.82. The van der Waals surface area contributed by atoms with Gasteiger partial charge in [0.25, 0.3) is 0 Å². The third-order valence-corrected chi connectivity index (χ3v) is 2.67. The molecule has 0 aromatic rings. The molecule has 1 aliphatic heterocycles. The van der Waals surface area contributed by atoms with Crippen LogP contribution in [-0.2, 0) is 9.47 Å². The van der Waals surface area contributed by atoms with Crippen LogP contribution in [-0.4, -0.2) is 46.6 Å². The number of hydrogen-bond donors (Lipinski definition) is 1. The molecule has 1 aliphatic rings. The lowest BCUT2D eigenvalue weighted by atomic mass is 10.1. The van der Waals surface area contributed by atoms with Crippen molar-refractivity contribution in [3.05, 3.63) is 0 Å². The Labute approximate surface area is 93.9 Å². The Morgan fingerprint density at radius 1 is 1.53 bits per heavy atom. The maximum Gasteiger partial charge on any atom is 0.508 e. The largest absolute Gasteiger partial charge is 0.508 e. The van der Waals surface area contributed by atoms with Crippen molar-refractivity contribution >= 4 is 17.8 Å². The second-order valence-electron chi connectivity index (χ2n) is 3.88. The molecule has 0 spiro atoms. The summed E-state index contributed by atoms with van der Waals surface area (Å²) in [5, 5.41) is 7.25. The van der Waals surface area contributed by atoms with E-state index in [1.165, 1.54) is 6.92 Å². The van der Waals surface area contributed by atoms with Crippen LogP contribution in [0.2, 0.25) is 0 Å². The number of morpholine rings is 1. The molecule has 0 amide bonds. The van der Waals surface area contributed by atoms with Gasteiger partial charge in [-0.25, -0.2) is 9.69 Å². The summed E-state index contributed by atoms with van der Waals surface area (Å²) in [6, 6.07) is 0.0474. The Morgan fingerprint density at radius 3 is 2.40 bits per heavy atom. The molecule has 0 aromatic carbocycles. The monoisotopic (exact) mass is 237 g/mol. The highest BCUT2D eigenvalue weighted by Gasteiger charge is 2.42. The summed E-state index contributed by atoms with van der Waals surface area (Å²) in [7, 11) is 0. The topological polar surface area (TPSA) is 59.0 Å². The summed E-state index contributed by atoms with van der Waals surface area (Å²) >= 11 is 6.07. The molecule has 1 fully saturated rings. The number of nitrogens with zero attached hydrogens (tertiary/aromatic N) is 1. The van der Waals surface area contributed by atoms with Crippen molar-refractivity contribution < 1.29 is 19.4 Å². The molecule has 0 saturated carbocycles. The molecule has 15 heavy (non-hydrogen) atoms. The first-order valence-electron chi connectivity index (χ1n) is 4.81. The van der Waals surface area contributed by atoms with Gasteiger partial charge in [-0.15, -0.1) is 0 Å². The quantitative estimate of drug-likeness (QED) is 0.450. The number of carbonyl (C=O) groups is 1. The average Bonchev–Trinajstić information content (AvgIpc) is 1.99. The fourth-order valence-electron chi connectivity index (χ4n) is 2.00. The summed E-state index contributed by atoms with van der Waals surface area (Å²) in [4.78, 5) is 12.3. The zero-order valence-electron chi connectivity index (χ0n) is 9.07. The average molecular weight is 238 g/mol. The Kier molecular flexibility index (Phi) is 3.81. The van der Waals surface area contributed by atoms with Crippen LogP contribution in [0, 0.1) is 0 Å². The normalized spacial score (nSPS) is 32.0. The van der Waals surface area contributed by atoms with Crippen LogP contribution in [0.4, 0.5) is 4.79 Å². The molecule has 88 valence electrons. The van der Waals surface area contributed by atoms with Crippen molar-refractivity contribution in [3.63, 3.8) is 0 Å². The maximum atomic E-state index is 10.5. The van der Waals surface area contributed by atoms with Gasteiger partial charge in [0.05, 0.1) is 13.2 Å². The van der Waals surface area contributed by atoms with E-state index in [0.717, 1.165) is 0 Å². The standard InChI is InChI=1S/C9H16ClNO4/c1-6-4-14-5-7(2)11(6)9(3,10)15-8(12)13/h6-7H,4-5H2,1-3H3,(H,12,13)/t6-,7+,9?.